The standard InChI is InChI=1S/C28H34N6O2S/c1-27(2,3)23-14-24(33-36-23)31-20-8-6-19(7-9-20)21(30-5)15-34-18-37-26-22(34)10-11-25(32-26)35-17-28(12-13-28)16-29-4/h6-11,14-15,29H,5,12-13,16-18H2,1-4H3,(H,31,33)/b21-15-. The highest BCUT2D eigenvalue weighted by Gasteiger charge is 2.43. The molecule has 1 saturated carbocycles. The second-order valence-corrected chi connectivity index (χ2v) is 11.7. The number of benzene rings is 1. The Labute approximate surface area is 222 Å². The van der Waals surface area contributed by atoms with Gasteiger partial charge in [0.25, 0.3) is 0 Å². The highest BCUT2D eigenvalue weighted by molar-refractivity contribution is 7.99. The number of aromatic nitrogens is 2. The first-order valence-electron chi connectivity index (χ1n) is 12.5. The monoisotopic (exact) mass is 518 g/mol. The zero-order valence-corrected chi connectivity index (χ0v) is 22.7. The van der Waals surface area contributed by atoms with Crippen molar-refractivity contribution >= 4 is 41.4 Å². The number of aliphatic imine (C=N–C) groups is 1. The summed E-state index contributed by atoms with van der Waals surface area (Å²) in [6.07, 6.45) is 4.44. The van der Waals surface area contributed by atoms with E-state index in [-0.39, 0.29) is 10.8 Å². The van der Waals surface area contributed by atoms with Gasteiger partial charge in [0.05, 0.1) is 23.9 Å². The van der Waals surface area contributed by atoms with E-state index < -0.39 is 0 Å². The maximum Gasteiger partial charge on any atom is 0.214 e. The van der Waals surface area contributed by atoms with Crippen molar-refractivity contribution in [3.8, 4) is 5.88 Å². The summed E-state index contributed by atoms with van der Waals surface area (Å²) in [5, 5.41) is 11.7. The van der Waals surface area contributed by atoms with E-state index in [0.717, 1.165) is 45.8 Å². The quantitative estimate of drug-likeness (QED) is 0.313. The van der Waals surface area contributed by atoms with Crippen molar-refractivity contribution in [2.45, 2.75) is 44.1 Å². The van der Waals surface area contributed by atoms with Crippen molar-refractivity contribution in [1.82, 2.24) is 15.5 Å². The van der Waals surface area contributed by atoms with Crippen LogP contribution in [0.5, 0.6) is 5.88 Å². The Hall–Kier alpha value is -3.30. The van der Waals surface area contributed by atoms with Crippen molar-refractivity contribution in [2.24, 2.45) is 10.4 Å². The van der Waals surface area contributed by atoms with Crippen LogP contribution in [0.3, 0.4) is 0 Å². The van der Waals surface area contributed by atoms with Crippen LogP contribution in [0.4, 0.5) is 17.2 Å². The lowest BCUT2D eigenvalue weighted by atomic mass is 9.93. The van der Waals surface area contributed by atoms with E-state index in [2.05, 4.69) is 59.2 Å². The normalized spacial score (nSPS) is 16.4. The molecule has 1 fully saturated rings. The Morgan fingerprint density at radius 1 is 1.24 bits per heavy atom. The molecule has 37 heavy (non-hydrogen) atoms. The summed E-state index contributed by atoms with van der Waals surface area (Å²) in [6.45, 7) is 11.8. The first-order chi connectivity index (χ1) is 17.8. The van der Waals surface area contributed by atoms with Gasteiger partial charge in [-0.3, -0.25) is 4.99 Å². The van der Waals surface area contributed by atoms with Gasteiger partial charge in [-0.05, 0) is 44.8 Å². The summed E-state index contributed by atoms with van der Waals surface area (Å²) in [4.78, 5) is 11.2. The highest BCUT2D eigenvalue weighted by atomic mass is 32.2. The van der Waals surface area contributed by atoms with Gasteiger partial charge in [0, 0.05) is 47.0 Å². The van der Waals surface area contributed by atoms with Crippen molar-refractivity contribution < 1.29 is 9.26 Å². The number of fused-ring (bicyclic) bond motifs is 1. The van der Waals surface area contributed by atoms with E-state index in [4.69, 9.17) is 14.2 Å². The van der Waals surface area contributed by atoms with Crippen LogP contribution in [0.1, 0.15) is 44.9 Å². The smallest absolute Gasteiger partial charge is 0.214 e. The fraction of sp³-hybridized carbons (Fsp3) is 0.393. The van der Waals surface area contributed by atoms with E-state index in [0.29, 0.717) is 18.3 Å². The van der Waals surface area contributed by atoms with Crippen LogP contribution in [-0.2, 0) is 5.41 Å². The molecule has 194 valence electrons. The van der Waals surface area contributed by atoms with Gasteiger partial charge in [0.1, 0.15) is 10.8 Å². The number of ether oxygens (including phenoxy) is 1. The fourth-order valence-corrected chi connectivity index (χ4v) is 5.16. The van der Waals surface area contributed by atoms with Gasteiger partial charge in [-0.2, -0.15) is 0 Å². The Morgan fingerprint density at radius 3 is 2.68 bits per heavy atom. The van der Waals surface area contributed by atoms with Gasteiger partial charge in [0.2, 0.25) is 5.88 Å². The van der Waals surface area contributed by atoms with Crippen LogP contribution >= 0.6 is 11.8 Å². The molecule has 0 atom stereocenters. The molecule has 5 rings (SSSR count). The van der Waals surface area contributed by atoms with Gasteiger partial charge in [-0.25, -0.2) is 4.98 Å². The lowest BCUT2D eigenvalue weighted by molar-refractivity contribution is 0.223. The number of nitrogens with zero attached hydrogens (tertiary/aromatic N) is 4. The second kappa shape index (κ2) is 10.2. The summed E-state index contributed by atoms with van der Waals surface area (Å²) in [5.74, 6) is 2.97. The molecular weight excluding hydrogens is 484 g/mol. The molecule has 0 radical (unpaired) electrons. The molecule has 1 aromatic carbocycles. The predicted molar refractivity (Wildman–Crippen MR) is 151 cm³/mol. The molecule has 1 aliphatic heterocycles. The molecule has 8 nitrogen and oxygen atoms in total. The van der Waals surface area contributed by atoms with Gasteiger partial charge < -0.3 is 24.8 Å². The first-order valence-corrected chi connectivity index (χ1v) is 13.5. The minimum atomic E-state index is -0.0888. The van der Waals surface area contributed by atoms with Gasteiger partial charge >= 0.3 is 0 Å². The maximum absolute atomic E-state index is 6.05. The fourth-order valence-electron chi connectivity index (χ4n) is 4.19. The molecule has 0 saturated heterocycles. The minimum Gasteiger partial charge on any atom is -0.477 e. The SMILES string of the molecule is C=N/C(=C\N1CSc2nc(OCC3(CNC)CC3)ccc21)c1ccc(Nc2cc(C(C)(C)C)on2)cc1. The minimum absolute atomic E-state index is 0.0888. The molecule has 1 aliphatic carbocycles. The molecule has 3 heterocycles. The second-order valence-electron chi connectivity index (χ2n) is 10.7. The number of thioether (sulfide) groups is 1. The van der Waals surface area contributed by atoms with Crippen LogP contribution in [0.15, 0.2) is 63.2 Å². The molecular formula is C28H34N6O2S. The lowest BCUT2D eigenvalue weighted by Gasteiger charge is -2.16. The Bertz CT molecular complexity index is 1290. The average Bonchev–Trinajstić information content (AvgIpc) is 3.28. The molecule has 2 N–H and O–H groups in total. The van der Waals surface area contributed by atoms with Crippen molar-refractivity contribution in [3.05, 3.63) is 60.0 Å². The van der Waals surface area contributed by atoms with Crippen LogP contribution in [0.25, 0.3) is 5.70 Å². The maximum atomic E-state index is 6.05. The zero-order chi connectivity index (χ0) is 26.0. The summed E-state index contributed by atoms with van der Waals surface area (Å²) in [6, 6.07) is 14.0. The van der Waals surface area contributed by atoms with E-state index in [1.54, 1.807) is 11.8 Å². The highest BCUT2D eigenvalue weighted by Crippen LogP contribution is 2.45. The first kappa shape index (κ1) is 25.4. The Morgan fingerprint density at radius 2 is 2.03 bits per heavy atom. The number of hydrogen-bond acceptors (Lipinski definition) is 9. The van der Waals surface area contributed by atoms with E-state index in [1.807, 2.05) is 49.6 Å². The summed E-state index contributed by atoms with van der Waals surface area (Å²) in [7, 11) is 1.99. The number of rotatable bonds is 10. The summed E-state index contributed by atoms with van der Waals surface area (Å²) in [5.41, 5.74) is 3.92. The number of anilines is 3. The number of pyridine rings is 1. The third-order valence-corrected chi connectivity index (χ3v) is 7.63. The van der Waals surface area contributed by atoms with E-state index in [1.165, 1.54) is 12.8 Å². The summed E-state index contributed by atoms with van der Waals surface area (Å²) < 4.78 is 11.5. The van der Waals surface area contributed by atoms with Gasteiger partial charge in [0.15, 0.2) is 5.82 Å². The van der Waals surface area contributed by atoms with Crippen molar-refractivity contribution in [3.63, 3.8) is 0 Å². The number of hydrogen-bond donors (Lipinski definition) is 2. The van der Waals surface area contributed by atoms with Crippen LogP contribution in [0, 0.1) is 5.41 Å². The van der Waals surface area contributed by atoms with Crippen LogP contribution < -0.4 is 20.3 Å². The van der Waals surface area contributed by atoms with Gasteiger partial charge in [-0.1, -0.05) is 49.8 Å². The van der Waals surface area contributed by atoms with E-state index >= 15 is 0 Å². The Balaban J connectivity index is 1.25. The van der Waals surface area contributed by atoms with E-state index in [9.17, 15) is 0 Å². The Kier molecular flexibility index (Phi) is 7.00. The third-order valence-electron chi connectivity index (χ3n) is 6.65. The predicted octanol–water partition coefficient (Wildman–Crippen LogP) is 6.06. The van der Waals surface area contributed by atoms with Crippen molar-refractivity contribution in [2.75, 3.05) is 36.3 Å². The summed E-state index contributed by atoms with van der Waals surface area (Å²) >= 11 is 1.69. The largest absolute Gasteiger partial charge is 0.477 e. The number of nitrogens with one attached hydrogen (secondary N) is 2. The molecule has 9 heteroatoms. The molecule has 0 spiro atoms. The van der Waals surface area contributed by atoms with Crippen molar-refractivity contribution in [1.29, 1.82) is 0 Å². The third kappa shape index (κ3) is 5.83. The topological polar surface area (TPSA) is 87.8 Å². The van der Waals surface area contributed by atoms with Crippen LogP contribution in [0.2, 0.25) is 0 Å². The molecule has 0 unspecified atom stereocenters. The molecule has 0 bridgehead atoms. The average molecular weight is 519 g/mol. The zero-order valence-electron chi connectivity index (χ0n) is 21.9. The van der Waals surface area contributed by atoms with Gasteiger partial charge in [-0.15, -0.1) is 0 Å². The molecule has 0 amide bonds. The molecule has 2 aliphatic rings. The molecule has 3 aromatic rings. The lowest BCUT2D eigenvalue weighted by Crippen LogP contribution is -2.25. The van der Waals surface area contributed by atoms with Crippen LogP contribution in [-0.4, -0.2) is 42.9 Å². The molecule has 2 aromatic heterocycles.